The van der Waals surface area contributed by atoms with Crippen LogP contribution in [0.15, 0.2) is 48.5 Å². The summed E-state index contributed by atoms with van der Waals surface area (Å²) in [5, 5.41) is 10.5. The number of benzene rings is 2. The summed E-state index contributed by atoms with van der Waals surface area (Å²) in [6, 6.07) is 12.0. The normalized spacial score (nSPS) is 17.9. The highest BCUT2D eigenvalue weighted by Crippen LogP contribution is 2.32. The number of carbonyl (C=O) groups is 1. The van der Waals surface area contributed by atoms with Crippen molar-refractivity contribution in [2.24, 2.45) is 0 Å². The Kier molecular flexibility index (Phi) is 5.03. The van der Waals surface area contributed by atoms with E-state index >= 15 is 0 Å². The highest BCUT2D eigenvalue weighted by molar-refractivity contribution is 5.63. The monoisotopic (exact) mass is 366 g/mol. The molecule has 1 unspecified atom stereocenters. The van der Waals surface area contributed by atoms with Crippen molar-refractivity contribution in [1.29, 1.82) is 0 Å². The number of halogens is 3. The molecule has 2 aromatic rings. The Labute approximate surface area is 148 Å². The molecule has 0 radical (unpaired) electrons. The Morgan fingerprint density at radius 3 is 2.50 bits per heavy atom. The van der Waals surface area contributed by atoms with E-state index in [1.807, 2.05) is 24.3 Å². The zero-order valence-corrected chi connectivity index (χ0v) is 13.7. The highest BCUT2D eigenvalue weighted by atomic mass is 19.4. The third-order valence-corrected chi connectivity index (χ3v) is 4.15. The molecule has 0 aromatic heterocycles. The van der Waals surface area contributed by atoms with E-state index in [1.54, 1.807) is 0 Å². The molecule has 0 aliphatic carbocycles. The molecule has 0 fully saturated rings. The Balaban J connectivity index is 1.84. The molecule has 5 nitrogen and oxygen atoms in total. The summed E-state index contributed by atoms with van der Waals surface area (Å²) in [5.41, 5.74) is 3.48. The second-order valence-electron chi connectivity index (χ2n) is 5.94. The van der Waals surface area contributed by atoms with Gasteiger partial charge in [-0.3, -0.25) is 5.43 Å². The Morgan fingerprint density at radius 1 is 1.15 bits per heavy atom. The van der Waals surface area contributed by atoms with Crippen molar-refractivity contribution in [3.05, 3.63) is 65.2 Å². The molecule has 1 aliphatic rings. The van der Waals surface area contributed by atoms with Gasteiger partial charge in [-0.1, -0.05) is 24.3 Å². The lowest BCUT2D eigenvalue weighted by Crippen LogP contribution is -2.44. The molecule has 0 spiro atoms. The molecule has 1 aliphatic heterocycles. The molecular formula is C18H17F3N2O3. The van der Waals surface area contributed by atoms with Crippen LogP contribution in [0.3, 0.4) is 0 Å². The van der Waals surface area contributed by atoms with Crippen LogP contribution in [0, 0.1) is 0 Å². The minimum Gasteiger partial charge on any atom is -0.484 e. The van der Waals surface area contributed by atoms with E-state index in [0.29, 0.717) is 13.0 Å². The van der Waals surface area contributed by atoms with Crippen LogP contribution in [0.4, 0.5) is 18.0 Å². The zero-order valence-electron chi connectivity index (χ0n) is 13.7. The van der Waals surface area contributed by atoms with Gasteiger partial charge in [-0.2, -0.15) is 13.2 Å². The van der Waals surface area contributed by atoms with Crippen LogP contribution >= 0.6 is 0 Å². The van der Waals surface area contributed by atoms with E-state index in [2.05, 4.69) is 5.43 Å². The van der Waals surface area contributed by atoms with E-state index in [4.69, 9.17) is 9.84 Å². The van der Waals surface area contributed by atoms with Crippen LogP contribution in [0.5, 0.6) is 5.75 Å². The topological polar surface area (TPSA) is 61.8 Å². The summed E-state index contributed by atoms with van der Waals surface area (Å²) in [4.78, 5) is 10.9. The Bertz CT molecular complexity index is 778. The minimum atomic E-state index is -4.41. The molecule has 0 bridgehead atoms. The van der Waals surface area contributed by atoms with E-state index < -0.39 is 23.9 Å². The minimum absolute atomic E-state index is 0.240. The number of alkyl halides is 3. The molecule has 0 saturated carbocycles. The molecule has 26 heavy (non-hydrogen) atoms. The fourth-order valence-electron chi connectivity index (χ4n) is 2.95. The van der Waals surface area contributed by atoms with Gasteiger partial charge in [-0.05, 0) is 41.8 Å². The number of nitrogens with zero attached hydrogens (tertiary/aromatic N) is 1. The molecular weight excluding hydrogens is 349 g/mol. The van der Waals surface area contributed by atoms with Crippen LogP contribution in [0.25, 0.3) is 0 Å². The Morgan fingerprint density at radius 2 is 1.85 bits per heavy atom. The number of fused-ring (bicyclic) bond motifs is 1. The standard InChI is InChI=1S/C18H17F3N2O3/c19-18(20,21)13-5-7-14(8-6-13)26-16-11-23(22-17(24)25)10-9-12-3-1-2-4-15(12)16/h1-8,16,22H,9-11H2,(H,24,25). The van der Waals surface area contributed by atoms with Gasteiger partial charge < -0.3 is 9.84 Å². The molecule has 138 valence electrons. The average Bonchev–Trinajstić information content (AvgIpc) is 2.74. The highest BCUT2D eigenvalue weighted by Gasteiger charge is 2.30. The Hall–Kier alpha value is -2.74. The van der Waals surface area contributed by atoms with Crippen molar-refractivity contribution < 1.29 is 27.8 Å². The van der Waals surface area contributed by atoms with Crippen molar-refractivity contribution in [3.8, 4) is 5.75 Å². The van der Waals surface area contributed by atoms with E-state index in [1.165, 1.54) is 17.1 Å². The van der Waals surface area contributed by atoms with Crippen LogP contribution < -0.4 is 10.2 Å². The molecule has 8 heteroatoms. The van der Waals surface area contributed by atoms with Crippen molar-refractivity contribution in [3.63, 3.8) is 0 Å². The fourth-order valence-corrected chi connectivity index (χ4v) is 2.95. The smallest absolute Gasteiger partial charge is 0.419 e. The maximum Gasteiger partial charge on any atom is 0.419 e. The summed E-state index contributed by atoms with van der Waals surface area (Å²) in [7, 11) is 0. The number of hydrazine groups is 1. The fraction of sp³-hybridized carbons (Fsp3) is 0.278. The van der Waals surface area contributed by atoms with Crippen LogP contribution in [0.2, 0.25) is 0 Å². The second kappa shape index (κ2) is 7.25. The number of nitrogens with one attached hydrogen (secondary N) is 1. The summed E-state index contributed by atoms with van der Waals surface area (Å²) in [6.45, 7) is 0.709. The zero-order chi connectivity index (χ0) is 18.7. The van der Waals surface area contributed by atoms with Gasteiger partial charge in [0, 0.05) is 6.54 Å². The molecule has 3 rings (SSSR count). The maximum absolute atomic E-state index is 12.7. The first-order valence-electron chi connectivity index (χ1n) is 7.99. The predicted molar refractivity (Wildman–Crippen MR) is 87.7 cm³/mol. The summed E-state index contributed by atoms with van der Waals surface area (Å²) in [6.07, 6.45) is -5.47. The summed E-state index contributed by atoms with van der Waals surface area (Å²) < 4.78 is 44.0. The first kappa shape index (κ1) is 18.1. The molecule has 1 atom stereocenters. The quantitative estimate of drug-likeness (QED) is 0.866. The van der Waals surface area contributed by atoms with Gasteiger partial charge in [-0.15, -0.1) is 0 Å². The predicted octanol–water partition coefficient (Wildman–Crippen LogP) is 3.87. The van der Waals surface area contributed by atoms with E-state index in [9.17, 15) is 18.0 Å². The van der Waals surface area contributed by atoms with Gasteiger partial charge in [0.05, 0.1) is 12.1 Å². The first-order valence-corrected chi connectivity index (χ1v) is 7.99. The summed E-state index contributed by atoms with van der Waals surface area (Å²) in [5.74, 6) is 0.287. The van der Waals surface area contributed by atoms with Crippen LogP contribution in [-0.2, 0) is 12.6 Å². The molecule has 2 aromatic carbocycles. The number of hydrogen-bond acceptors (Lipinski definition) is 3. The molecule has 1 heterocycles. The average molecular weight is 366 g/mol. The molecule has 2 N–H and O–H groups in total. The van der Waals surface area contributed by atoms with E-state index in [-0.39, 0.29) is 12.3 Å². The third kappa shape index (κ3) is 4.26. The van der Waals surface area contributed by atoms with Gasteiger partial charge in [0.15, 0.2) is 0 Å². The van der Waals surface area contributed by atoms with Gasteiger partial charge in [-0.25, -0.2) is 9.80 Å². The SMILES string of the molecule is O=C(O)NN1CCc2ccccc2C(Oc2ccc(C(F)(F)F)cc2)C1. The number of amides is 1. The lowest BCUT2D eigenvalue weighted by molar-refractivity contribution is -0.137. The summed E-state index contributed by atoms with van der Waals surface area (Å²) >= 11 is 0. The van der Waals surface area contributed by atoms with Crippen LogP contribution in [0.1, 0.15) is 22.8 Å². The van der Waals surface area contributed by atoms with Crippen molar-refractivity contribution in [2.75, 3.05) is 13.1 Å². The number of hydrogen-bond donors (Lipinski definition) is 2. The van der Waals surface area contributed by atoms with Crippen LogP contribution in [-0.4, -0.2) is 29.3 Å². The maximum atomic E-state index is 12.7. The van der Waals surface area contributed by atoms with Gasteiger partial charge in [0.25, 0.3) is 0 Å². The van der Waals surface area contributed by atoms with E-state index in [0.717, 1.165) is 23.3 Å². The van der Waals surface area contributed by atoms with Gasteiger partial charge in [0.1, 0.15) is 11.9 Å². The largest absolute Gasteiger partial charge is 0.484 e. The van der Waals surface area contributed by atoms with Gasteiger partial charge in [0.2, 0.25) is 0 Å². The third-order valence-electron chi connectivity index (χ3n) is 4.15. The van der Waals surface area contributed by atoms with Crippen molar-refractivity contribution in [2.45, 2.75) is 18.7 Å². The van der Waals surface area contributed by atoms with Crippen molar-refractivity contribution >= 4 is 6.09 Å². The number of carboxylic acid groups (broad SMARTS) is 1. The first-order chi connectivity index (χ1) is 12.3. The number of ether oxygens (including phenoxy) is 1. The van der Waals surface area contributed by atoms with Gasteiger partial charge >= 0.3 is 12.3 Å². The molecule has 0 saturated heterocycles. The molecule has 1 amide bonds. The second-order valence-corrected chi connectivity index (χ2v) is 5.94. The van der Waals surface area contributed by atoms with Crippen molar-refractivity contribution in [1.82, 2.24) is 10.4 Å². The lowest BCUT2D eigenvalue weighted by Gasteiger charge is -2.25. The lowest BCUT2D eigenvalue weighted by atomic mass is 10.0. The number of rotatable bonds is 3.